The molecule has 27 heavy (non-hydrogen) atoms. The molecule has 2 aliphatic heterocycles. The van der Waals surface area contributed by atoms with Gasteiger partial charge in [-0.25, -0.2) is 0 Å². The fourth-order valence-corrected chi connectivity index (χ4v) is 3.33. The quantitative estimate of drug-likeness (QED) is 0.795. The Kier molecular flexibility index (Phi) is 3.96. The van der Waals surface area contributed by atoms with Gasteiger partial charge in [0.05, 0.1) is 0 Å². The van der Waals surface area contributed by atoms with E-state index >= 15 is 0 Å². The average molecular weight is 383 g/mol. The van der Waals surface area contributed by atoms with Gasteiger partial charge in [-0.05, 0) is 18.6 Å². The second kappa shape index (κ2) is 5.99. The molecule has 0 bridgehead atoms. The molecule has 1 amide bonds. The highest BCUT2D eigenvalue weighted by atomic mass is 19.4. The number of aromatic nitrogens is 3. The van der Waals surface area contributed by atoms with Crippen molar-refractivity contribution in [1.29, 1.82) is 0 Å². The Hall–Kier alpha value is -2.53. The highest BCUT2D eigenvalue weighted by molar-refractivity contribution is 5.87. The third-order valence-corrected chi connectivity index (χ3v) is 5.06. The Morgan fingerprint density at radius 3 is 2.70 bits per heavy atom. The molecule has 0 aromatic carbocycles. The summed E-state index contributed by atoms with van der Waals surface area (Å²) in [5.41, 5.74) is -3.85. The predicted octanol–water partition coefficient (Wildman–Crippen LogP) is 0.498. The molecule has 0 saturated carbocycles. The zero-order valence-corrected chi connectivity index (χ0v) is 14.0. The molecular weight excluding hydrogens is 367 g/mol. The Morgan fingerprint density at radius 1 is 1.33 bits per heavy atom. The largest absolute Gasteiger partial charge is 0.405 e. The molecule has 2 aromatic rings. The molecule has 0 spiro atoms. The summed E-state index contributed by atoms with van der Waals surface area (Å²) < 4.78 is 46.9. The lowest BCUT2D eigenvalue weighted by Crippen LogP contribution is -2.67. The van der Waals surface area contributed by atoms with Gasteiger partial charge in [0.2, 0.25) is 11.7 Å². The first kappa shape index (κ1) is 17.9. The minimum atomic E-state index is -4.71. The SMILES string of the molecule is O=C(N1CCC(c2nc(-c3ccccn3)no2)(C(F)(F)F)C1)C1(O)CNC1. The zero-order chi connectivity index (χ0) is 19.3. The fourth-order valence-electron chi connectivity index (χ4n) is 3.33. The summed E-state index contributed by atoms with van der Waals surface area (Å²) in [4.78, 5) is 21.3. The number of amides is 1. The summed E-state index contributed by atoms with van der Waals surface area (Å²) >= 11 is 0. The number of hydrogen-bond donors (Lipinski definition) is 2. The zero-order valence-electron chi connectivity index (χ0n) is 14.0. The number of pyridine rings is 1. The van der Waals surface area contributed by atoms with Crippen molar-refractivity contribution in [2.75, 3.05) is 26.2 Å². The highest BCUT2D eigenvalue weighted by Gasteiger charge is 2.64. The van der Waals surface area contributed by atoms with Crippen molar-refractivity contribution in [3.63, 3.8) is 0 Å². The molecular formula is C16H16F3N5O3. The van der Waals surface area contributed by atoms with E-state index in [0.29, 0.717) is 0 Å². The van der Waals surface area contributed by atoms with E-state index in [0.717, 1.165) is 4.90 Å². The molecule has 4 heterocycles. The van der Waals surface area contributed by atoms with Crippen molar-refractivity contribution in [2.24, 2.45) is 0 Å². The molecule has 1 atom stereocenters. The third-order valence-electron chi connectivity index (χ3n) is 5.06. The number of aliphatic hydroxyl groups is 1. The Bertz CT molecular complexity index is 852. The number of nitrogens with zero attached hydrogens (tertiary/aromatic N) is 4. The topological polar surface area (TPSA) is 104 Å². The summed E-state index contributed by atoms with van der Waals surface area (Å²) in [7, 11) is 0. The van der Waals surface area contributed by atoms with Gasteiger partial charge in [-0.15, -0.1) is 0 Å². The van der Waals surface area contributed by atoms with Gasteiger partial charge in [-0.3, -0.25) is 9.78 Å². The van der Waals surface area contributed by atoms with E-state index in [2.05, 4.69) is 20.4 Å². The normalized spacial score (nSPS) is 24.7. The standard InChI is InChI=1S/C16H16F3N5O3/c17-16(18,19)14(4-6-24(9-14)13(25)15(26)7-20-8-15)12-22-11(23-27-12)10-3-1-2-5-21-10/h1-3,5,20,26H,4,6-9H2. The number of carbonyl (C=O) groups is 1. The molecule has 0 aliphatic carbocycles. The maximum atomic E-state index is 14.0. The van der Waals surface area contributed by atoms with Gasteiger partial charge in [-0.2, -0.15) is 18.2 Å². The van der Waals surface area contributed by atoms with Gasteiger partial charge in [0.1, 0.15) is 5.69 Å². The van der Waals surface area contributed by atoms with Crippen LogP contribution in [-0.2, 0) is 10.2 Å². The molecule has 0 radical (unpaired) electrons. The number of alkyl halides is 3. The molecule has 144 valence electrons. The van der Waals surface area contributed by atoms with Crippen molar-refractivity contribution in [3.8, 4) is 11.5 Å². The first-order valence-electron chi connectivity index (χ1n) is 8.30. The van der Waals surface area contributed by atoms with E-state index in [1.165, 1.54) is 6.20 Å². The molecule has 8 nitrogen and oxygen atoms in total. The molecule has 11 heteroatoms. The van der Waals surface area contributed by atoms with E-state index in [1.54, 1.807) is 18.2 Å². The van der Waals surface area contributed by atoms with Crippen LogP contribution in [0.25, 0.3) is 11.5 Å². The maximum Gasteiger partial charge on any atom is 0.405 e. The second-order valence-corrected chi connectivity index (χ2v) is 6.83. The lowest BCUT2D eigenvalue weighted by Gasteiger charge is -2.39. The molecule has 2 saturated heterocycles. The van der Waals surface area contributed by atoms with Crippen LogP contribution in [0.1, 0.15) is 12.3 Å². The Balaban J connectivity index is 1.65. The lowest BCUT2D eigenvalue weighted by atomic mass is 9.86. The number of halogens is 3. The third kappa shape index (κ3) is 2.77. The van der Waals surface area contributed by atoms with Crippen molar-refractivity contribution in [3.05, 3.63) is 30.3 Å². The summed E-state index contributed by atoms with van der Waals surface area (Å²) in [6, 6.07) is 4.86. The predicted molar refractivity (Wildman–Crippen MR) is 84.3 cm³/mol. The summed E-state index contributed by atoms with van der Waals surface area (Å²) in [5, 5.41) is 16.5. The Morgan fingerprint density at radius 2 is 2.11 bits per heavy atom. The Labute approximate surface area is 151 Å². The molecule has 2 aromatic heterocycles. The molecule has 2 aliphatic rings. The number of carbonyl (C=O) groups excluding carboxylic acids is 1. The van der Waals surface area contributed by atoms with Crippen molar-refractivity contribution >= 4 is 5.91 Å². The van der Waals surface area contributed by atoms with Crippen LogP contribution in [0, 0.1) is 0 Å². The minimum Gasteiger partial charge on any atom is -0.377 e. The van der Waals surface area contributed by atoms with Crippen LogP contribution in [0.4, 0.5) is 13.2 Å². The van der Waals surface area contributed by atoms with Crippen LogP contribution in [-0.4, -0.2) is 69.0 Å². The van der Waals surface area contributed by atoms with Crippen LogP contribution in [0.3, 0.4) is 0 Å². The molecule has 2 N–H and O–H groups in total. The minimum absolute atomic E-state index is 0.0196. The van der Waals surface area contributed by atoms with Crippen molar-refractivity contribution in [2.45, 2.75) is 23.6 Å². The average Bonchev–Trinajstić information content (AvgIpc) is 3.27. The molecule has 2 fully saturated rings. The second-order valence-electron chi connectivity index (χ2n) is 6.83. The number of nitrogens with one attached hydrogen (secondary N) is 1. The molecule has 4 rings (SSSR count). The van der Waals surface area contributed by atoms with Gasteiger partial charge in [0.15, 0.2) is 11.0 Å². The van der Waals surface area contributed by atoms with Crippen molar-refractivity contribution < 1.29 is 27.6 Å². The lowest BCUT2D eigenvalue weighted by molar-refractivity contribution is -0.195. The highest BCUT2D eigenvalue weighted by Crippen LogP contribution is 2.47. The maximum absolute atomic E-state index is 14.0. The van der Waals surface area contributed by atoms with Gasteiger partial charge >= 0.3 is 6.18 Å². The van der Waals surface area contributed by atoms with Crippen LogP contribution in [0.2, 0.25) is 0 Å². The van der Waals surface area contributed by atoms with Gasteiger partial charge < -0.3 is 19.8 Å². The summed E-state index contributed by atoms with van der Waals surface area (Å²) in [5.74, 6) is -1.39. The first-order valence-corrected chi connectivity index (χ1v) is 8.30. The number of β-amino-alcohol motifs (C(OH)–C–C–N with tert-alkyl or cyclic N) is 1. The van der Waals surface area contributed by atoms with E-state index in [4.69, 9.17) is 4.52 Å². The van der Waals surface area contributed by atoms with E-state index in [9.17, 15) is 23.1 Å². The van der Waals surface area contributed by atoms with Gasteiger partial charge in [-0.1, -0.05) is 11.2 Å². The number of hydrogen-bond acceptors (Lipinski definition) is 7. The van der Waals surface area contributed by atoms with E-state index in [1.807, 2.05) is 0 Å². The summed E-state index contributed by atoms with van der Waals surface area (Å²) in [6.45, 7) is -0.805. The first-order chi connectivity index (χ1) is 12.8. The van der Waals surface area contributed by atoms with Crippen LogP contribution < -0.4 is 5.32 Å². The molecule has 1 unspecified atom stereocenters. The smallest absolute Gasteiger partial charge is 0.377 e. The van der Waals surface area contributed by atoms with Crippen LogP contribution in [0.15, 0.2) is 28.9 Å². The summed E-state index contributed by atoms with van der Waals surface area (Å²) in [6.07, 6.45) is -3.67. The fraction of sp³-hybridized carbons (Fsp3) is 0.500. The number of likely N-dealkylation sites (tertiary alicyclic amines) is 1. The van der Waals surface area contributed by atoms with Gasteiger partial charge in [0, 0.05) is 32.4 Å². The van der Waals surface area contributed by atoms with E-state index < -0.39 is 42.0 Å². The van der Waals surface area contributed by atoms with E-state index in [-0.39, 0.29) is 31.2 Å². The van der Waals surface area contributed by atoms with Crippen LogP contribution in [0.5, 0.6) is 0 Å². The van der Waals surface area contributed by atoms with Gasteiger partial charge in [0.25, 0.3) is 5.91 Å². The monoisotopic (exact) mass is 383 g/mol. The van der Waals surface area contributed by atoms with Crippen LogP contribution >= 0.6 is 0 Å². The van der Waals surface area contributed by atoms with Crippen molar-refractivity contribution in [1.82, 2.24) is 25.3 Å². The number of rotatable bonds is 3.